The lowest BCUT2D eigenvalue weighted by Crippen LogP contribution is -2.48. The molecule has 1 saturated heterocycles. The minimum Gasteiger partial charge on any atom is -0.396 e. The highest BCUT2D eigenvalue weighted by Gasteiger charge is 2.25. The van der Waals surface area contributed by atoms with Gasteiger partial charge in [0.2, 0.25) is 5.91 Å². The van der Waals surface area contributed by atoms with Crippen LogP contribution in [0.15, 0.2) is 0 Å². The van der Waals surface area contributed by atoms with Crippen LogP contribution in [0.3, 0.4) is 0 Å². The van der Waals surface area contributed by atoms with Gasteiger partial charge in [0.15, 0.2) is 0 Å². The summed E-state index contributed by atoms with van der Waals surface area (Å²) in [5.74, 6) is 2.14. The minimum absolute atomic E-state index is 0.0856. The molecule has 0 aromatic carbocycles. The molecule has 1 rings (SSSR count). The molecule has 0 bridgehead atoms. The van der Waals surface area contributed by atoms with E-state index in [-0.39, 0.29) is 12.5 Å². The summed E-state index contributed by atoms with van der Waals surface area (Å²) in [5, 5.41) is 8.73. The van der Waals surface area contributed by atoms with Crippen LogP contribution >= 0.6 is 11.8 Å². The van der Waals surface area contributed by atoms with Crippen molar-refractivity contribution in [3.8, 4) is 0 Å². The van der Waals surface area contributed by atoms with Crippen molar-refractivity contribution in [3.63, 3.8) is 0 Å². The van der Waals surface area contributed by atoms with Crippen molar-refractivity contribution >= 4 is 17.7 Å². The molecule has 118 valence electrons. The number of hydrogen-bond donors (Lipinski definition) is 2. The van der Waals surface area contributed by atoms with Gasteiger partial charge in [-0.25, -0.2) is 0 Å². The first kappa shape index (κ1) is 17.8. The monoisotopic (exact) mass is 302 g/mol. The highest BCUT2D eigenvalue weighted by Crippen LogP contribution is 2.23. The van der Waals surface area contributed by atoms with E-state index in [1.165, 1.54) is 25.7 Å². The molecular formula is C15H30N2O2S. The summed E-state index contributed by atoms with van der Waals surface area (Å²) < 4.78 is 0. The molecule has 0 spiro atoms. The van der Waals surface area contributed by atoms with Gasteiger partial charge in [0.1, 0.15) is 0 Å². The van der Waals surface area contributed by atoms with E-state index in [9.17, 15) is 4.79 Å². The van der Waals surface area contributed by atoms with E-state index in [4.69, 9.17) is 10.8 Å². The predicted molar refractivity (Wildman–Crippen MR) is 85.8 cm³/mol. The number of likely N-dealkylation sites (tertiary alicyclic amines) is 1. The zero-order chi connectivity index (χ0) is 14.8. The molecule has 5 heteroatoms. The van der Waals surface area contributed by atoms with Crippen LogP contribution in [0.1, 0.15) is 45.4 Å². The Morgan fingerprint density at radius 1 is 1.40 bits per heavy atom. The van der Waals surface area contributed by atoms with Crippen LogP contribution in [0.2, 0.25) is 0 Å². The maximum atomic E-state index is 12.2. The second-order valence-corrected chi connectivity index (χ2v) is 6.82. The summed E-state index contributed by atoms with van der Waals surface area (Å²) in [7, 11) is 0. The van der Waals surface area contributed by atoms with Crippen molar-refractivity contribution in [1.29, 1.82) is 0 Å². The normalized spacial score (nSPS) is 18.2. The highest BCUT2D eigenvalue weighted by atomic mass is 32.2. The Morgan fingerprint density at radius 2 is 2.10 bits per heavy atom. The maximum absolute atomic E-state index is 12.2. The molecule has 1 atom stereocenters. The maximum Gasteiger partial charge on any atom is 0.240 e. The van der Waals surface area contributed by atoms with E-state index in [2.05, 4.69) is 6.92 Å². The molecular weight excluding hydrogens is 272 g/mol. The smallest absolute Gasteiger partial charge is 0.240 e. The Hall–Kier alpha value is -0.260. The van der Waals surface area contributed by atoms with Gasteiger partial charge in [-0.3, -0.25) is 4.79 Å². The summed E-state index contributed by atoms with van der Waals surface area (Å²) >= 11 is 1.55. The van der Waals surface area contributed by atoms with Gasteiger partial charge in [-0.2, -0.15) is 11.8 Å². The number of unbranched alkanes of at least 4 members (excludes halogenated alkanes) is 2. The number of rotatable bonds is 9. The van der Waals surface area contributed by atoms with Crippen molar-refractivity contribution < 1.29 is 9.90 Å². The van der Waals surface area contributed by atoms with Crippen LogP contribution in [0.5, 0.6) is 0 Å². The molecule has 1 aliphatic rings. The molecule has 3 N–H and O–H groups in total. The summed E-state index contributed by atoms with van der Waals surface area (Å²) in [6.07, 6.45) is 7.50. The van der Waals surface area contributed by atoms with Crippen LogP contribution in [-0.2, 0) is 4.79 Å². The van der Waals surface area contributed by atoms with Gasteiger partial charge in [0.25, 0.3) is 0 Å². The second kappa shape index (κ2) is 10.5. The fourth-order valence-corrected chi connectivity index (χ4v) is 3.40. The molecule has 0 aromatic rings. The van der Waals surface area contributed by atoms with Crippen molar-refractivity contribution in [1.82, 2.24) is 4.90 Å². The average molecular weight is 302 g/mol. The minimum atomic E-state index is -0.414. The zero-order valence-electron chi connectivity index (χ0n) is 12.7. The lowest BCUT2D eigenvalue weighted by molar-refractivity contribution is -0.133. The Morgan fingerprint density at radius 3 is 2.70 bits per heavy atom. The SMILES string of the molecule is CCCCCC1CCN(C(=O)C(N)CSCCO)CC1. The van der Waals surface area contributed by atoms with E-state index in [1.807, 2.05) is 4.90 Å². The number of nitrogens with two attached hydrogens (primary N) is 1. The van der Waals surface area contributed by atoms with Crippen LogP contribution in [0, 0.1) is 5.92 Å². The highest BCUT2D eigenvalue weighted by molar-refractivity contribution is 7.99. The summed E-state index contributed by atoms with van der Waals surface area (Å²) in [6.45, 7) is 4.12. The van der Waals surface area contributed by atoms with Gasteiger partial charge < -0.3 is 15.7 Å². The van der Waals surface area contributed by atoms with Gasteiger partial charge in [-0.05, 0) is 18.8 Å². The molecule has 1 unspecified atom stereocenters. The third-order valence-corrected chi connectivity index (χ3v) is 5.06. The largest absolute Gasteiger partial charge is 0.396 e. The molecule has 1 heterocycles. The number of amides is 1. The number of piperidine rings is 1. The molecule has 0 saturated carbocycles. The first-order valence-electron chi connectivity index (χ1n) is 7.92. The number of aliphatic hydroxyl groups excluding tert-OH is 1. The van der Waals surface area contributed by atoms with E-state index >= 15 is 0 Å². The molecule has 4 nitrogen and oxygen atoms in total. The lowest BCUT2D eigenvalue weighted by atomic mass is 9.91. The molecule has 0 aliphatic carbocycles. The fourth-order valence-electron chi connectivity index (χ4n) is 2.71. The van der Waals surface area contributed by atoms with Crippen LogP contribution in [-0.4, -0.2) is 53.2 Å². The van der Waals surface area contributed by atoms with Crippen LogP contribution in [0.4, 0.5) is 0 Å². The quantitative estimate of drug-likeness (QED) is 0.638. The Balaban J connectivity index is 2.21. The van der Waals surface area contributed by atoms with E-state index < -0.39 is 6.04 Å². The van der Waals surface area contributed by atoms with Crippen molar-refractivity contribution in [2.45, 2.75) is 51.5 Å². The molecule has 20 heavy (non-hydrogen) atoms. The molecule has 0 aromatic heterocycles. The fraction of sp³-hybridized carbons (Fsp3) is 0.933. The van der Waals surface area contributed by atoms with E-state index in [1.54, 1.807) is 11.8 Å². The number of nitrogens with zero attached hydrogens (tertiary/aromatic N) is 1. The third kappa shape index (κ3) is 6.46. The number of aliphatic hydroxyl groups is 1. The van der Waals surface area contributed by atoms with Gasteiger partial charge in [-0.1, -0.05) is 32.6 Å². The van der Waals surface area contributed by atoms with Gasteiger partial charge in [0, 0.05) is 24.6 Å². The Kier molecular flexibility index (Phi) is 9.31. The first-order valence-corrected chi connectivity index (χ1v) is 9.07. The van der Waals surface area contributed by atoms with Gasteiger partial charge >= 0.3 is 0 Å². The zero-order valence-corrected chi connectivity index (χ0v) is 13.5. The second-order valence-electron chi connectivity index (χ2n) is 5.67. The van der Waals surface area contributed by atoms with Crippen molar-refractivity contribution in [2.75, 3.05) is 31.2 Å². The van der Waals surface area contributed by atoms with Gasteiger partial charge in [0.05, 0.1) is 12.6 Å². The molecule has 0 radical (unpaired) electrons. The molecule has 1 aliphatic heterocycles. The van der Waals surface area contributed by atoms with Crippen LogP contribution in [0.25, 0.3) is 0 Å². The average Bonchev–Trinajstić information content (AvgIpc) is 2.47. The molecule has 1 amide bonds. The summed E-state index contributed by atoms with van der Waals surface area (Å²) in [4.78, 5) is 14.1. The third-order valence-electron chi connectivity index (χ3n) is 3.99. The predicted octanol–water partition coefficient (Wildman–Crippen LogP) is 1.86. The number of carbonyl (C=O) groups excluding carboxylic acids is 1. The van der Waals surface area contributed by atoms with Crippen LogP contribution < -0.4 is 5.73 Å². The standard InChI is InChI=1S/C15H30N2O2S/c1-2-3-4-5-13-6-8-17(9-7-13)15(19)14(16)12-20-11-10-18/h13-14,18H,2-12,16H2,1H3. The summed E-state index contributed by atoms with van der Waals surface area (Å²) in [6, 6.07) is -0.414. The topological polar surface area (TPSA) is 66.6 Å². The Bertz CT molecular complexity index is 269. The van der Waals surface area contributed by atoms with E-state index in [0.717, 1.165) is 31.8 Å². The summed E-state index contributed by atoms with van der Waals surface area (Å²) in [5.41, 5.74) is 5.93. The Labute approximate surface area is 127 Å². The molecule has 1 fully saturated rings. The number of carbonyl (C=O) groups is 1. The van der Waals surface area contributed by atoms with Gasteiger partial charge in [-0.15, -0.1) is 0 Å². The lowest BCUT2D eigenvalue weighted by Gasteiger charge is -2.33. The van der Waals surface area contributed by atoms with Crippen molar-refractivity contribution in [2.24, 2.45) is 11.7 Å². The number of hydrogen-bond acceptors (Lipinski definition) is 4. The van der Waals surface area contributed by atoms with E-state index in [0.29, 0.717) is 11.5 Å². The number of thioether (sulfide) groups is 1. The van der Waals surface area contributed by atoms with Crippen molar-refractivity contribution in [3.05, 3.63) is 0 Å². The first-order chi connectivity index (χ1) is 9.69.